The lowest BCUT2D eigenvalue weighted by Crippen LogP contribution is -2.07. The zero-order chi connectivity index (χ0) is 12.3. The van der Waals surface area contributed by atoms with Crippen molar-refractivity contribution in [1.29, 1.82) is 5.26 Å². The molecule has 0 aromatic heterocycles. The van der Waals surface area contributed by atoms with Gasteiger partial charge in [-0.3, -0.25) is 10.1 Å². The van der Waals surface area contributed by atoms with E-state index < -0.39 is 16.6 Å². The fourth-order valence-electron chi connectivity index (χ4n) is 1.10. The predicted octanol–water partition coefficient (Wildman–Crippen LogP) is 2.02. The molecular weight excluding hydrogens is 280 g/mol. The average molecular weight is 285 g/mol. The summed E-state index contributed by atoms with van der Waals surface area (Å²) < 4.78 is 4.49. The molecule has 0 aliphatic carbocycles. The van der Waals surface area contributed by atoms with Crippen molar-refractivity contribution in [1.82, 2.24) is 0 Å². The van der Waals surface area contributed by atoms with Crippen LogP contribution in [0.3, 0.4) is 0 Å². The highest BCUT2D eigenvalue weighted by Gasteiger charge is 2.26. The van der Waals surface area contributed by atoms with E-state index in [-0.39, 0.29) is 15.6 Å². The van der Waals surface area contributed by atoms with Crippen molar-refractivity contribution in [2.45, 2.75) is 0 Å². The lowest BCUT2D eigenvalue weighted by atomic mass is 10.1. The maximum atomic E-state index is 11.4. The molecule has 0 N–H and O–H groups in total. The van der Waals surface area contributed by atoms with Gasteiger partial charge in [0, 0.05) is 6.07 Å². The number of halogens is 1. The molecular formula is C9H5BrN2O4. The number of nitro benzene ring substituents is 1. The summed E-state index contributed by atoms with van der Waals surface area (Å²) in [5, 5.41) is 19.4. The monoisotopic (exact) mass is 284 g/mol. The Hall–Kier alpha value is -1.94. The van der Waals surface area contributed by atoms with Crippen molar-refractivity contribution >= 4 is 27.6 Å². The van der Waals surface area contributed by atoms with Crippen LogP contribution in [0.1, 0.15) is 15.9 Å². The lowest BCUT2D eigenvalue weighted by molar-refractivity contribution is -0.385. The van der Waals surface area contributed by atoms with Gasteiger partial charge in [0.2, 0.25) is 0 Å². The second-order valence-corrected chi connectivity index (χ2v) is 3.47. The number of nitrogens with zero attached hydrogens (tertiary/aromatic N) is 2. The van der Waals surface area contributed by atoms with Crippen molar-refractivity contribution in [2.75, 3.05) is 7.11 Å². The highest BCUT2D eigenvalue weighted by Crippen LogP contribution is 2.30. The molecule has 0 amide bonds. The molecule has 1 aromatic carbocycles. The number of carbonyl (C=O) groups excluding carboxylic acids is 1. The number of nitriles is 1. The van der Waals surface area contributed by atoms with Gasteiger partial charge in [-0.1, -0.05) is 0 Å². The van der Waals surface area contributed by atoms with Gasteiger partial charge in [-0.25, -0.2) is 4.79 Å². The predicted molar refractivity (Wildman–Crippen MR) is 56.9 cm³/mol. The van der Waals surface area contributed by atoms with Gasteiger partial charge in [-0.15, -0.1) is 0 Å². The highest BCUT2D eigenvalue weighted by molar-refractivity contribution is 9.10. The van der Waals surface area contributed by atoms with Crippen LogP contribution < -0.4 is 0 Å². The van der Waals surface area contributed by atoms with Crippen LogP contribution in [-0.4, -0.2) is 18.0 Å². The van der Waals surface area contributed by atoms with Gasteiger partial charge in [0.1, 0.15) is 6.07 Å². The summed E-state index contributed by atoms with van der Waals surface area (Å²) in [6.45, 7) is 0. The van der Waals surface area contributed by atoms with Crippen LogP contribution in [0, 0.1) is 21.4 Å². The zero-order valence-corrected chi connectivity index (χ0v) is 9.65. The van der Waals surface area contributed by atoms with Gasteiger partial charge < -0.3 is 4.74 Å². The second-order valence-electron chi connectivity index (χ2n) is 2.68. The van der Waals surface area contributed by atoms with Crippen LogP contribution in [0.25, 0.3) is 0 Å². The molecule has 0 saturated carbocycles. The quantitative estimate of drug-likeness (QED) is 0.470. The topological polar surface area (TPSA) is 93.2 Å². The van der Waals surface area contributed by atoms with Crippen LogP contribution in [-0.2, 0) is 4.74 Å². The molecule has 1 rings (SSSR count). The van der Waals surface area contributed by atoms with Gasteiger partial charge in [-0.05, 0) is 22.0 Å². The first kappa shape index (κ1) is 12.1. The van der Waals surface area contributed by atoms with Crippen LogP contribution in [0.4, 0.5) is 5.69 Å². The molecule has 0 bridgehead atoms. The number of ether oxygens (including phenoxy) is 1. The number of esters is 1. The Bertz CT molecular complexity index is 507. The molecule has 0 spiro atoms. The largest absolute Gasteiger partial charge is 0.465 e. The molecule has 0 heterocycles. The van der Waals surface area contributed by atoms with Gasteiger partial charge in [0.15, 0.2) is 5.56 Å². The van der Waals surface area contributed by atoms with E-state index in [0.717, 1.165) is 13.2 Å². The molecule has 0 aliphatic heterocycles. The number of nitro groups is 1. The van der Waals surface area contributed by atoms with Gasteiger partial charge in [0.25, 0.3) is 5.69 Å². The third-order valence-corrected chi connectivity index (χ3v) is 2.65. The molecule has 6 nitrogen and oxygen atoms in total. The van der Waals surface area contributed by atoms with Gasteiger partial charge >= 0.3 is 5.97 Å². The Kier molecular flexibility index (Phi) is 3.58. The van der Waals surface area contributed by atoms with E-state index in [2.05, 4.69) is 20.7 Å². The van der Waals surface area contributed by atoms with Crippen molar-refractivity contribution < 1.29 is 14.5 Å². The molecule has 0 saturated heterocycles. The first-order valence-electron chi connectivity index (χ1n) is 3.98. The standard InChI is InChI=1S/C9H5BrN2O4/c1-16-9(13)7-6(12(14)15)3-2-5(4-11)8(7)10/h2-3H,1H3. The number of methoxy groups -OCH3 is 1. The minimum absolute atomic E-state index is 0.0658. The van der Waals surface area contributed by atoms with E-state index >= 15 is 0 Å². The Morgan fingerprint density at radius 3 is 2.69 bits per heavy atom. The Morgan fingerprint density at radius 1 is 1.62 bits per heavy atom. The smallest absolute Gasteiger partial charge is 0.346 e. The number of benzene rings is 1. The first-order chi connectivity index (χ1) is 7.52. The summed E-state index contributed by atoms with van der Waals surface area (Å²) in [6, 6.07) is 4.15. The first-order valence-corrected chi connectivity index (χ1v) is 4.77. The number of rotatable bonds is 2. The summed E-state index contributed by atoms with van der Waals surface area (Å²) in [4.78, 5) is 21.3. The van der Waals surface area contributed by atoms with E-state index in [1.165, 1.54) is 6.07 Å². The number of hydrogen-bond donors (Lipinski definition) is 0. The highest BCUT2D eigenvalue weighted by atomic mass is 79.9. The molecule has 0 atom stereocenters. The second kappa shape index (κ2) is 4.72. The normalized spacial score (nSPS) is 9.31. The van der Waals surface area contributed by atoms with Crippen molar-refractivity contribution in [3.8, 4) is 6.07 Å². The molecule has 7 heteroatoms. The molecule has 0 fully saturated rings. The molecule has 82 valence electrons. The third kappa shape index (κ3) is 2.01. The van der Waals surface area contributed by atoms with Crippen LogP contribution in [0.5, 0.6) is 0 Å². The van der Waals surface area contributed by atoms with Gasteiger partial charge in [-0.2, -0.15) is 5.26 Å². The minimum atomic E-state index is -0.865. The Balaban J connectivity index is 3.56. The Labute approximate surface area is 98.7 Å². The zero-order valence-electron chi connectivity index (χ0n) is 8.06. The summed E-state index contributed by atoms with van der Waals surface area (Å²) in [7, 11) is 1.11. The maximum Gasteiger partial charge on any atom is 0.346 e. The van der Waals surface area contributed by atoms with Crippen molar-refractivity contribution in [3.05, 3.63) is 37.8 Å². The van der Waals surface area contributed by atoms with Crippen LogP contribution >= 0.6 is 15.9 Å². The lowest BCUT2D eigenvalue weighted by Gasteiger charge is -2.04. The maximum absolute atomic E-state index is 11.4. The van der Waals surface area contributed by atoms with Crippen LogP contribution in [0.15, 0.2) is 16.6 Å². The molecule has 0 aliphatic rings. The fourth-order valence-corrected chi connectivity index (χ4v) is 1.69. The van der Waals surface area contributed by atoms with E-state index in [9.17, 15) is 14.9 Å². The summed E-state index contributed by atoms with van der Waals surface area (Å²) in [6.07, 6.45) is 0. The average Bonchev–Trinajstić information content (AvgIpc) is 2.27. The van der Waals surface area contributed by atoms with Gasteiger partial charge in [0.05, 0.1) is 22.1 Å². The van der Waals surface area contributed by atoms with Crippen molar-refractivity contribution in [2.24, 2.45) is 0 Å². The van der Waals surface area contributed by atoms with E-state index in [1.807, 2.05) is 0 Å². The van der Waals surface area contributed by atoms with E-state index in [4.69, 9.17) is 5.26 Å². The summed E-state index contributed by atoms with van der Waals surface area (Å²) >= 11 is 2.97. The summed E-state index contributed by atoms with van der Waals surface area (Å²) in [5.41, 5.74) is -0.532. The Morgan fingerprint density at radius 2 is 2.25 bits per heavy atom. The molecule has 0 radical (unpaired) electrons. The van der Waals surface area contributed by atoms with Crippen molar-refractivity contribution in [3.63, 3.8) is 0 Å². The van der Waals surface area contributed by atoms with Crippen LogP contribution in [0.2, 0.25) is 0 Å². The minimum Gasteiger partial charge on any atom is -0.465 e. The summed E-state index contributed by atoms with van der Waals surface area (Å²) in [5.74, 6) is -0.865. The molecule has 0 unspecified atom stereocenters. The van der Waals surface area contributed by atoms with E-state index in [1.54, 1.807) is 6.07 Å². The SMILES string of the molecule is COC(=O)c1c([N+](=O)[O-])ccc(C#N)c1Br. The van der Waals surface area contributed by atoms with E-state index in [0.29, 0.717) is 0 Å². The molecule has 1 aromatic rings. The number of carbonyl (C=O) groups is 1. The third-order valence-electron chi connectivity index (χ3n) is 1.83. The fraction of sp³-hybridized carbons (Fsp3) is 0.111. The molecule has 16 heavy (non-hydrogen) atoms. The number of hydrogen-bond acceptors (Lipinski definition) is 5.